The molecule has 0 saturated heterocycles. The SMILES string of the molecule is Cc1nn(C)c(CN2C(=O)COc3ccc(Br)cc32)c1Br. The molecular weight excluding hydrogens is 402 g/mol. The molecule has 0 fully saturated rings. The maximum Gasteiger partial charge on any atom is 0.265 e. The second-order valence-corrected chi connectivity index (χ2v) is 6.56. The number of hydrogen-bond donors (Lipinski definition) is 0. The lowest BCUT2D eigenvalue weighted by atomic mass is 10.2. The first-order chi connectivity index (χ1) is 9.97. The Morgan fingerprint density at radius 2 is 2.14 bits per heavy atom. The van der Waals surface area contributed by atoms with Crippen LogP contribution in [0.25, 0.3) is 0 Å². The van der Waals surface area contributed by atoms with E-state index in [1.54, 1.807) is 9.58 Å². The summed E-state index contributed by atoms with van der Waals surface area (Å²) in [6.45, 7) is 2.44. The minimum atomic E-state index is -0.0636. The molecular formula is C14H13Br2N3O2. The Hall–Kier alpha value is -1.34. The Balaban J connectivity index is 2.02. The molecule has 0 radical (unpaired) electrons. The van der Waals surface area contributed by atoms with Gasteiger partial charge < -0.3 is 4.74 Å². The molecule has 3 rings (SSSR count). The van der Waals surface area contributed by atoms with Gasteiger partial charge in [0.1, 0.15) is 5.75 Å². The van der Waals surface area contributed by atoms with Crippen LogP contribution in [0.2, 0.25) is 0 Å². The number of aromatic nitrogens is 2. The predicted octanol–water partition coefficient (Wildman–Crippen LogP) is 3.18. The van der Waals surface area contributed by atoms with Gasteiger partial charge in [0.2, 0.25) is 0 Å². The van der Waals surface area contributed by atoms with Crippen molar-refractivity contribution in [2.24, 2.45) is 7.05 Å². The summed E-state index contributed by atoms with van der Waals surface area (Å²) in [4.78, 5) is 14.0. The van der Waals surface area contributed by atoms with Crippen LogP contribution < -0.4 is 9.64 Å². The summed E-state index contributed by atoms with van der Waals surface area (Å²) in [7, 11) is 1.87. The van der Waals surface area contributed by atoms with Crippen LogP contribution in [0.15, 0.2) is 27.1 Å². The van der Waals surface area contributed by atoms with Crippen LogP contribution in [-0.2, 0) is 18.4 Å². The largest absolute Gasteiger partial charge is 0.482 e. The fourth-order valence-corrected chi connectivity index (χ4v) is 3.16. The Morgan fingerprint density at radius 1 is 1.38 bits per heavy atom. The molecule has 0 spiro atoms. The number of carbonyl (C=O) groups excluding carboxylic acids is 1. The maximum absolute atomic E-state index is 12.2. The van der Waals surface area contributed by atoms with Crippen LogP contribution >= 0.6 is 31.9 Å². The van der Waals surface area contributed by atoms with E-state index in [9.17, 15) is 4.79 Å². The molecule has 110 valence electrons. The fraction of sp³-hybridized carbons (Fsp3) is 0.286. The van der Waals surface area contributed by atoms with Gasteiger partial charge >= 0.3 is 0 Å². The topological polar surface area (TPSA) is 47.4 Å². The lowest BCUT2D eigenvalue weighted by Gasteiger charge is -2.29. The zero-order valence-corrected chi connectivity index (χ0v) is 14.7. The van der Waals surface area contributed by atoms with Crippen molar-refractivity contribution in [1.82, 2.24) is 9.78 Å². The van der Waals surface area contributed by atoms with Crippen molar-refractivity contribution in [1.29, 1.82) is 0 Å². The summed E-state index contributed by atoms with van der Waals surface area (Å²) in [5, 5.41) is 4.37. The van der Waals surface area contributed by atoms with Crippen LogP contribution in [0.4, 0.5) is 5.69 Å². The van der Waals surface area contributed by atoms with Crippen LogP contribution in [0, 0.1) is 6.92 Å². The van der Waals surface area contributed by atoms with Gasteiger partial charge in [-0.3, -0.25) is 14.4 Å². The summed E-state index contributed by atoms with van der Waals surface area (Å²) in [5.74, 6) is 0.652. The van der Waals surface area contributed by atoms with E-state index in [2.05, 4.69) is 37.0 Å². The molecule has 1 aromatic carbocycles. The van der Waals surface area contributed by atoms with Crippen LogP contribution in [0.1, 0.15) is 11.4 Å². The molecule has 0 unspecified atom stereocenters. The van der Waals surface area contributed by atoms with Crippen molar-refractivity contribution in [3.8, 4) is 5.75 Å². The first-order valence-corrected chi connectivity index (χ1v) is 7.96. The zero-order chi connectivity index (χ0) is 15.1. The highest BCUT2D eigenvalue weighted by atomic mass is 79.9. The van der Waals surface area contributed by atoms with E-state index in [0.717, 1.165) is 26.0 Å². The second-order valence-electron chi connectivity index (χ2n) is 4.85. The highest BCUT2D eigenvalue weighted by Gasteiger charge is 2.27. The minimum absolute atomic E-state index is 0.0586. The molecule has 1 aliphatic heterocycles. The van der Waals surface area contributed by atoms with E-state index < -0.39 is 0 Å². The molecule has 2 aromatic rings. The molecule has 1 aromatic heterocycles. The van der Waals surface area contributed by atoms with Gasteiger partial charge in [-0.05, 0) is 41.1 Å². The molecule has 21 heavy (non-hydrogen) atoms. The zero-order valence-electron chi connectivity index (χ0n) is 11.6. The number of hydrogen-bond acceptors (Lipinski definition) is 3. The number of benzene rings is 1. The number of carbonyl (C=O) groups is 1. The van der Waals surface area contributed by atoms with Gasteiger partial charge in [-0.1, -0.05) is 15.9 Å². The Morgan fingerprint density at radius 3 is 2.81 bits per heavy atom. The van der Waals surface area contributed by atoms with E-state index in [-0.39, 0.29) is 12.5 Å². The summed E-state index contributed by atoms with van der Waals surface area (Å²) in [6, 6.07) is 5.66. The van der Waals surface area contributed by atoms with Crippen molar-refractivity contribution >= 4 is 43.5 Å². The monoisotopic (exact) mass is 413 g/mol. The molecule has 1 amide bonds. The number of rotatable bonds is 2. The fourth-order valence-electron chi connectivity index (χ4n) is 2.35. The van der Waals surface area contributed by atoms with Crippen molar-refractivity contribution in [2.75, 3.05) is 11.5 Å². The average molecular weight is 415 g/mol. The van der Waals surface area contributed by atoms with Gasteiger partial charge in [0.05, 0.1) is 28.1 Å². The quantitative estimate of drug-likeness (QED) is 0.758. The molecule has 0 N–H and O–H groups in total. The van der Waals surface area contributed by atoms with Gasteiger partial charge in [0.15, 0.2) is 6.61 Å². The maximum atomic E-state index is 12.2. The summed E-state index contributed by atoms with van der Waals surface area (Å²) in [6.07, 6.45) is 0. The van der Waals surface area contributed by atoms with E-state index in [0.29, 0.717) is 12.3 Å². The first-order valence-electron chi connectivity index (χ1n) is 6.38. The highest BCUT2D eigenvalue weighted by molar-refractivity contribution is 9.10. The van der Waals surface area contributed by atoms with Gasteiger partial charge in [0, 0.05) is 11.5 Å². The van der Waals surface area contributed by atoms with E-state index >= 15 is 0 Å². The summed E-state index contributed by atoms with van der Waals surface area (Å²) in [5.41, 5.74) is 2.63. The van der Waals surface area contributed by atoms with Crippen LogP contribution in [0.5, 0.6) is 5.75 Å². The molecule has 1 aliphatic rings. The van der Waals surface area contributed by atoms with Crippen molar-refractivity contribution in [2.45, 2.75) is 13.5 Å². The van der Waals surface area contributed by atoms with Crippen LogP contribution in [0.3, 0.4) is 0 Å². The highest BCUT2D eigenvalue weighted by Crippen LogP contribution is 2.36. The third-order valence-electron chi connectivity index (χ3n) is 3.43. The second kappa shape index (κ2) is 5.46. The molecule has 7 heteroatoms. The number of amides is 1. The predicted molar refractivity (Wildman–Crippen MR) is 86.5 cm³/mol. The van der Waals surface area contributed by atoms with E-state index in [1.807, 2.05) is 32.2 Å². The van der Waals surface area contributed by atoms with E-state index in [4.69, 9.17) is 4.74 Å². The third-order valence-corrected chi connectivity index (χ3v) is 4.96. The average Bonchev–Trinajstić information content (AvgIpc) is 2.68. The smallest absolute Gasteiger partial charge is 0.265 e. The van der Waals surface area contributed by atoms with Crippen molar-refractivity contribution in [3.63, 3.8) is 0 Å². The van der Waals surface area contributed by atoms with Gasteiger partial charge in [-0.25, -0.2) is 0 Å². The molecule has 0 atom stereocenters. The third kappa shape index (κ3) is 2.60. The Bertz CT molecular complexity index is 727. The lowest BCUT2D eigenvalue weighted by molar-refractivity contribution is -0.121. The minimum Gasteiger partial charge on any atom is -0.482 e. The van der Waals surface area contributed by atoms with Gasteiger partial charge in [-0.15, -0.1) is 0 Å². The number of nitrogens with zero attached hydrogens (tertiary/aromatic N) is 3. The molecule has 2 heterocycles. The summed E-state index contributed by atoms with van der Waals surface area (Å²) >= 11 is 6.98. The first kappa shape index (κ1) is 14.6. The van der Waals surface area contributed by atoms with Crippen LogP contribution in [-0.4, -0.2) is 22.3 Å². The lowest BCUT2D eigenvalue weighted by Crippen LogP contribution is -2.38. The standard InChI is InChI=1S/C14H13Br2N3O2/c1-8-14(16)11(18(2)17-8)6-19-10-5-9(15)3-4-12(10)21-7-13(19)20/h3-5H,6-7H2,1-2H3. The van der Waals surface area contributed by atoms with E-state index in [1.165, 1.54) is 0 Å². The number of anilines is 1. The number of ether oxygens (including phenoxy) is 1. The Kier molecular flexibility index (Phi) is 3.79. The number of fused-ring (bicyclic) bond motifs is 1. The molecule has 0 aliphatic carbocycles. The summed E-state index contributed by atoms with van der Waals surface area (Å²) < 4.78 is 9.11. The van der Waals surface area contributed by atoms with Crippen molar-refractivity contribution < 1.29 is 9.53 Å². The van der Waals surface area contributed by atoms with Gasteiger partial charge in [-0.2, -0.15) is 5.10 Å². The Labute approximate surface area is 139 Å². The number of halogens is 2. The van der Waals surface area contributed by atoms with Crippen molar-refractivity contribution in [3.05, 3.63) is 38.5 Å². The molecule has 5 nitrogen and oxygen atoms in total. The van der Waals surface area contributed by atoms with Gasteiger partial charge in [0.25, 0.3) is 5.91 Å². The molecule has 0 saturated carbocycles. The molecule has 0 bridgehead atoms. The number of aryl methyl sites for hydroxylation is 2. The normalized spacial score (nSPS) is 14.1.